The molecule has 0 aliphatic carbocycles. The summed E-state index contributed by atoms with van der Waals surface area (Å²) < 4.78 is 0. The number of rotatable bonds is 3. The highest BCUT2D eigenvalue weighted by molar-refractivity contribution is 5.95. The van der Waals surface area contributed by atoms with Crippen molar-refractivity contribution in [2.24, 2.45) is 16.5 Å². The van der Waals surface area contributed by atoms with Gasteiger partial charge in [0.15, 0.2) is 11.9 Å². The van der Waals surface area contributed by atoms with Crippen molar-refractivity contribution in [1.29, 1.82) is 5.41 Å². The molecular weight excluding hydrogens is 206 g/mol. The summed E-state index contributed by atoms with van der Waals surface area (Å²) in [5.41, 5.74) is 10.3. The molecule has 0 saturated heterocycles. The highest BCUT2D eigenvalue weighted by atomic mass is 35.5. The van der Waals surface area contributed by atoms with E-state index in [0.717, 1.165) is 12.8 Å². The quantitative estimate of drug-likeness (QED) is 0.226. The summed E-state index contributed by atoms with van der Waals surface area (Å²) in [4.78, 5) is 3.92. The first kappa shape index (κ1) is 18.1. The predicted molar refractivity (Wildman–Crippen MR) is 59.4 cm³/mol. The van der Waals surface area contributed by atoms with E-state index in [1.54, 1.807) is 0 Å². The molecule has 0 fully saturated rings. The van der Waals surface area contributed by atoms with E-state index < -0.39 is 0 Å². The molecular formula is C6H16ClN5Si. The maximum absolute atomic E-state index is 6.81. The molecule has 4 radical (unpaired) electrons. The van der Waals surface area contributed by atoms with Crippen molar-refractivity contribution < 1.29 is 0 Å². The molecule has 0 spiro atoms. The Balaban J connectivity index is -0.000000500. The zero-order valence-electron chi connectivity index (χ0n) is 7.63. The molecule has 76 valence electrons. The summed E-state index contributed by atoms with van der Waals surface area (Å²) >= 11 is 0. The van der Waals surface area contributed by atoms with Crippen LogP contribution in [0.1, 0.15) is 19.8 Å². The Kier molecular flexibility index (Phi) is 15.7. The molecule has 13 heavy (non-hydrogen) atoms. The van der Waals surface area contributed by atoms with Crippen LogP contribution in [0.4, 0.5) is 0 Å². The third kappa shape index (κ3) is 14.1. The van der Waals surface area contributed by atoms with Crippen molar-refractivity contribution in [1.82, 2.24) is 5.32 Å². The number of unbranched alkanes of at least 4 members (excludes halogenated alkanes) is 1. The van der Waals surface area contributed by atoms with Gasteiger partial charge >= 0.3 is 0 Å². The minimum absolute atomic E-state index is 0. The molecule has 0 aromatic rings. The van der Waals surface area contributed by atoms with Crippen LogP contribution < -0.4 is 16.8 Å². The second-order valence-corrected chi connectivity index (χ2v) is 2.16. The van der Waals surface area contributed by atoms with E-state index in [1.165, 1.54) is 0 Å². The van der Waals surface area contributed by atoms with Crippen molar-refractivity contribution in [3.05, 3.63) is 0 Å². The van der Waals surface area contributed by atoms with Crippen molar-refractivity contribution in [3.63, 3.8) is 0 Å². The van der Waals surface area contributed by atoms with E-state index in [9.17, 15) is 0 Å². The highest BCUT2D eigenvalue weighted by Gasteiger charge is 1.90. The molecule has 0 amide bonds. The molecule has 0 atom stereocenters. The maximum atomic E-state index is 6.81. The first-order chi connectivity index (χ1) is 5.16. The molecule has 6 N–H and O–H groups in total. The first-order valence-corrected chi connectivity index (χ1v) is 3.57. The predicted octanol–water partition coefficient (Wildman–Crippen LogP) is -0.375. The Morgan fingerprint density at radius 3 is 2.38 bits per heavy atom. The highest BCUT2D eigenvalue weighted by Crippen LogP contribution is 1.85. The van der Waals surface area contributed by atoms with Gasteiger partial charge in [-0.15, -0.1) is 12.4 Å². The Labute approximate surface area is 89.3 Å². The summed E-state index contributed by atoms with van der Waals surface area (Å²) in [6.07, 6.45) is 2.08. The fourth-order valence-corrected chi connectivity index (χ4v) is 0.535. The van der Waals surface area contributed by atoms with Gasteiger partial charge in [0.1, 0.15) is 0 Å². The van der Waals surface area contributed by atoms with Crippen LogP contribution in [0.3, 0.4) is 0 Å². The van der Waals surface area contributed by atoms with Gasteiger partial charge in [0.2, 0.25) is 0 Å². The number of nitrogens with zero attached hydrogens (tertiary/aromatic N) is 1. The zero-order chi connectivity index (χ0) is 8.69. The number of guanidine groups is 2. The van der Waals surface area contributed by atoms with Gasteiger partial charge in [0.25, 0.3) is 0 Å². The zero-order valence-corrected chi connectivity index (χ0v) is 9.45. The van der Waals surface area contributed by atoms with Crippen LogP contribution in [0.2, 0.25) is 0 Å². The Hall–Kier alpha value is -0.753. The molecule has 0 rings (SSSR count). The number of nitrogens with two attached hydrogens (primary N) is 2. The van der Waals surface area contributed by atoms with E-state index >= 15 is 0 Å². The minimum Gasteiger partial charge on any atom is -0.370 e. The van der Waals surface area contributed by atoms with Crippen molar-refractivity contribution in [2.75, 3.05) is 6.54 Å². The van der Waals surface area contributed by atoms with Gasteiger partial charge in [0.05, 0.1) is 0 Å². The van der Waals surface area contributed by atoms with E-state index in [1.807, 2.05) is 0 Å². The Morgan fingerprint density at radius 2 is 2.00 bits per heavy atom. The number of hydrogen-bond acceptors (Lipinski definition) is 2. The second-order valence-electron chi connectivity index (χ2n) is 2.16. The summed E-state index contributed by atoms with van der Waals surface area (Å²) in [6.45, 7) is 2.76. The Bertz CT molecular complexity index is 161. The molecule has 0 aliphatic rings. The number of hydrogen-bond donors (Lipinski definition) is 4. The van der Waals surface area contributed by atoms with Gasteiger partial charge in [-0.05, 0) is 6.42 Å². The third-order valence-corrected chi connectivity index (χ3v) is 1.06. The standard InChI is InChI=1S/C6H15N5.ClH.Si/c1-2-3-4-10-6(9)11-5(7)8;;/h2-4H2,1H3,(H6,7,8,9,10,11);1H;. The molecule has 5 nitrogen and oxygen atoms in total. The number of halogens is 1. The molecule has 0 aromatic carbocycles. The van der Waals surface area contributed by atoms with Crippen LogP contribution >= 0.6 is 12.4 Å². The lowest BCUT2D eigenvalue weighted by Gasteiger charge is -2.00. The largest absolute Gasteiger partial charge is 0.370 e. The molecule has 7 heteroatoms. The lowest BCUT2D eigenvalue weighted by atomic mass is 10.3. The monoisotopic (exact) mass is 221 g/mol. The molecule has 0 saturated carbocycles. The topological polar surface area (TPSA) is 100 Å². The second kappa shape index (κ2) is 11.2. The van der Waals surface area contributed by atoms with Gasteiger partial charge in [-0.25, -0.2) is 0 Å². The van der Waals surface area contributed by atoms with Crippen LogP contribution in [0.15, 0.2) is 4.99 Å². The number of aliphatic imine (C=N–C) groups is 1. The fraction of sp³-hybridized carbons (Fsp3) is 0.667. The third-order valence-electron chi connectivity index (χ3n) is 1.06. The van der Waals surface area contributed by atoms with Gasteiger partial charge in [0, 0.05) is 17.5 Å². The lowest BCUT2D eigenvalue weighted by Crippen LogP contribution is -2.40. The fourth-order valence-electron chi connectivity index (χ4n) is 0.535. The van der Waals surface area contributed by atoms with Gasteiger partial charge in [-0.2, -0.15) is 0 Å². The van der Waals surface area contributed by atoms with E-state index in [-0.39, 0.29) is 35.3 Å². The minimum atomic E-state index is -0.178. The smallest absolute Gasteiger partial charge is 0.195 e. The summed E-state index contributed by atoms with van der Waals surface area (Å²) in [6, 6.07) is 0. The molecule has 0 aliphatic heterocycles. The Morgan fingerprint density at radius 1 is 1.46 bits per heavy atom. The van der Waals surface area contributed by atoms with Crippen LogP contribution in [-0.4, -0.2) is 29.4 Å². The van der Waals surface area contributed by atoms with Crippen LogP contribution in [0.5, 0.6) is 0 Å². The van der Waals surface area contributed by atoms with E-state index in [2.05, 4.69) is 17.2 Å². The van der Waals surface area contributed by atoms with E-state index in [0.29, 0.717) is 6.54 Å². The molecule has 0 aromatic heterocycles. The average Bonchev–Trinajstić information content (AvgIpc) is 1.86. The maximum Gasteiger partial charge on any atom is 0.195 e. The normalized spacial score (nSPS) is 9.46. The van der Waals surface area contributed by atoms with Crippen LogP contribution in [0, 0.1) is 5.41 Å². The molecule has 0 heterocycles. The van der Waals surface area contributed by atoms with E-state index in [4.69, 9.17) is 16.9 Å². The molecule has 0 unspecified atom stereocenters. The van der Waals surface area contributed by atoms with Crippen molar-refractivity contribution in [3.8, 4) is 0 Å². The van der Waals surface area contributed by atoms with Crippen molar-refractivity contribution >= 4 is 35.3 Å². The number of nitrogens with one attached hydrogen (secondary N) is 2. The summed E-state index contributed by atoms with van der Waals surface area (Å²) in [7, 11) is 0. The van der Waals surface area contributed by atoms with Gasteiger partial charge in [-0.3, -0.25) is 15.7 Å². The molecule has 0 bridgehead atoms. The van der Waals surface area contributed by atoms with Crippen molar-refractivity contribution in [2.45, 2.75) is 19.8 Å². The van der Waals surface area contributed by atoms with Crippen LogP contribution in [-0.2, 0) is 0 Å². The summed E-state index contributed by atoms with van der Waals surface area (Å²) in [5, 5.41) is 9.20. The SMILES string of the molecule is CCCCN=C(N)NC(=N)N.Cl.[Si]. The average molecular weight is 222 g/mol. The van der Waals surface area contributed by atoms with Crippen LogP contribution in [0.25, 0.3) is 0 Å². The first-order valence-electron chi connectivity index (χ1n) is 3.57. The van der Waals surface area contributed by atoms with Gasteiger partial charge < -0.3 is 11.5 Å². The van der Waals surface area contributed by atoms with Gasteiger partial charge in [-0.1, -0.05) is 13.3 Å². The lowest BCUT2D eigenvalue weighted by molar-refractivity contribution is 0.804. The summed E-state index contributed by atoms with van der Waals surface area (Å²) in [5.74, 6) is 0.0358.